The minimum absolute atomic E-state index is 0.110. The van der Waals surface area contributed by atoms with Crippen LogP contribution in [-0.2, 0) is 4.79 Å². The lowest BCUT2D eigenvalue weighted by Gasteiger charge is -2.24. The van der Waals surface area contributed by atoms with Crippen LogP contribution in [0.4, 0.5) is 5.82 Å². The summed E-state index contributed by atoms with van der Waals surface area (Å²) >= 11 is 0. The van der Waals surface area contributed by atoms with Crippen LogP contribution in [0.1, 0.15) is 6.42 Å². The molecule has 20 heavy (non-hydrogen) atoms. The molecule has 2 aromatic heterocycles. The second-order valence-electron chi connectivity index (χ2n) is 4.99. The highest BCUT2D eigenvalue weighted by molar-refractivity contribution is 5.87. The normalized spacial score (nSPS) is 18.7. The lowest BCUT2D eigenvalue weighted by Crippen LogP contribution is -2.40. The second kappa shape index (κ2) is 5.09. The first-order valence-electron chi connectivity index (χ1n) is 6.60. The number of carbonyl (C=O) groups excluding carboxylic acids is 1. The van der Waals surface area contributed by atoms with Gasteiger partial charge in [0.25, 0.3) is 0 Å². The Morgan fingerprint density at radius 2 is 2.45 bits per heavy atom. The summed E-state index contributed by atoms with van der Waals surface area (Å²) in [5.74, 6) is 0.648. The summed E-state index contributed by atoms with van der Waals surface area (Å²) in [7, 11) is 1.73. The van der Waals surface area contributed by atoms with Gasteiger partial charge < -0.3 is 19.9 Å². The number of aliphatic hydroxyl groups excluding tert-OH is 1. The first kappa shape index (κ1) is 12.9. The van der Waals surface area contributed by atoms with E-state index in [1.165, 1.54) is 0 Å². The van der Waals surface area contributed by atoms with Crippen LogP contribution in [0.5, 0.6) is 0 Å². The molecule has 1 fully saturated rings. The second-order valence-corrected chi connectivity index (χ2v) is 4.99. The predicted molar refractivity (Wildman–Crippen MR) is 74.4 cm³/mol. The number of anilines is 1. The highest BCUT2D eigenvalue weighted by Gasteiger charge is 2.29. The summed E-state index contributed by atoms with van der Waals surface area (Å²) in [4.78, 5) is 26.9. The van der Waals surface area contributed by atoms with Gasteiger partial charge in [-0.25, -0.2) is 9.97 Å². The number of rotatable bonds is 3. The van der Waals surface area contributed by atoms with Crippen molar-refractivity contribution in [2.45, 2.75) is 12.5 Å². The molecule has 3 heterocycles. The van der Waals surface area contributed by atoms with Gasteiger partial charge in [0.2, 0.25) is 5.91 Å². The highest BCUT2D eigenvalue weighted by Crippen LogP contribution is 2.26. The van der Waals surface area contributed by atoms with Gasteiger partial charge in [-0.05, 0) is 12.5 Å². The number of carbonyl (C=O) groups is 1. The van der Waals surface area contributed by atoms with Gasteiger partial charge in [-0.1, -0.05) is 0 Å². The fraction of sp³-hybridized carbons (Fsp3) is 0.462. The number of likely N-dealkylation sites (N-methyl/N-ethyl adjacent to an activating group) is 1. The molecule has 2 aromatic rings. The molecule has 7 heteroatoms. The molecular formula is C13H17N5O2. The number of aromatic amines is 1. The fourth-order valence-electron chi connectivity index (χ4n) is 2.68. The Morgan fingerprint density at radius 3 is 3.25 bits per heavy atom. The molecule has 1 amide bonds. The standard InChI is InChI=1S/C13H17N5O2/c1-17(11(20)7-19)9-3-5-18(6-9)13-10-2-4-14-12(10)15-8-16-13/h2,4,8-9,19H,3,5-7H2,1H3,(H,14,15,16)/t9-/m1/s1. The number of nitrogens with one attached hydrogen (secondary N) is 1. The Balaban J connectivity index is 1.80. The van der Waals surface area contributed by atoms with Crippen molar-refractivity contribution in [3.63, 3.8) is 0 Å². The Hall–Kier alpha value is -2.15. The van der Waals surface area contributed by atoms with E-state index >= 15 is 0 Å². The Morgan fingerprint density at radius 1 is 1.60 bits per heavy atom. The van der Waals surface area contributed by atoms with Gasteiger partial charge in [-0.2, -0.15) is 0 Å². The maximum absolute atomic E-state index is 11.5. The summed E-state index contributed by atoms with van der Waals surface area (Å²) in [6.07, 6.45) is 4.26. The molecule has 3 rings (SSSR count). The molecule has 0 aromatic carbocycles. The van der Waals surface area contributed by atoms with E-state index in [1.54, 1.807) is 18.3 Å². The van der Waals surface area contributed by atoms with Crippen LogP contribution in [0.2, 0.25) is 0 Å². The minimum Gasteiger partial charge on any atom is -0.387 e. The van der Waals surface area contributed by atoms with Gasteiger partial charge in [0.1, 0.15) is 24.4 Å². The van der Waals surface area contributed by atoms with Crippen molar-refractivity contribution in [3.8, 4) is 0 Å². The molecule has 2 N–H and O–H groups in total. The molecule has 1 aliphatic rings. The van der Waals surface area contributed by atoms with E-state index in [0.29, 0.717) is 0 Å². The van der Waals surface area contributed by atoms with Crippen LogP contribution >= 0.6 is 0 Å². The molecular weight excluding hydrogens is 258 g/mol. The summed E-state index contributed by atoms with van der Waals surface area (Å²) in [5.41, 5.74) is 0.818. The fourth-order valence-corrected chi connectivity index (χ4v) is 2.68. The van der Waals surface area contributed by atoms with Crippen molar-refractivity contribution in [3.05, 3.63) is 18.6 Å². The van der Waals surface area contributed by atoms with Crippen molar-refractivity contribution < 1.29 is 9.90 Å². The molecule has 0 spiro atoms. The van der Waals surface area contributed by atoms with E-state index in [9.17, 15) is 4.79 Å². The number of aromatic nitrogens is 3. The van der Waals surface area contributed by atoms with Crippen LogP contribution in [0.3, 0.4) is 0 Å². The summed E-state index contributed by atoms with van der Waals surface area (Å²) in [6, 6.07) is 2.07. The average molecular weight is 275 g/mol. The molecule has 1 saturated heterocycles. The largest absolute Gasteiger partial charge is 0.387 e. The number of H-pyrrole nitrogens is 1. The van der Waals surface area contributed by atoms with Crippen molar-refractivity contribution >= 4 is 22.8 Å². The van der Waals surface area contributed by atoms with Crippen molar-refractivity contribution in [2.24, 2.45) is 0 Å². The zero-order chi connectivity index (χ0) is 14.1. The zero-order valence-corrected chi connectivity index (χ0v) is 11.3. The van der Waals surface area contributed by atoms with Gasteiger partial charge in [0, 0.05) is 26.3 Å². The van der Waals surface area contributed by atoms with Gasteiger partial charge in [-0.3, -0.25) is 4.79 Å². The van der Waals surface area contributed by atoms with E-state index in [2.05, 4.69) is 19.9 Å². The van der Waals surface area contributed by atoms with E-state index in [4.69, 9.17) is 5.11 Å². The van der Waals surface area contributed by atoms with E-state index < -0.39 is 6.61 Å². The van der Waals surface area contributed by atoms with Gasteiger partial charge in [-0.15, -0.1) is 0 Å². The van der Waals surface area contributed by atoms with Gasteiger partial charge >= 0.3 is 0 Å². The first-order chi connectivity index (χ1) is 9.70. The first-order valence-corrected chi connectivity index (χ1v) is 6.60. The number of fused-ring (bicyclic) bond motifs is 1. The number of nitrogens with zero attached hydrogens (tertiary/aromatic N) is 4. The van der Waals surface area contributed by atoms with Crippen LogP contribution in [0.15, 0.2) is 18.6 Å². The van der Waals surface area contributed by atoms with Crippen LogP contribution in [0, 0.1) is 0 Å². The SMILES string of the molecule is CN(C(=O)CO)[C@@H]1CCN(c2ncnc3[nH]ccc23)C1. The molecule has 1 atom stereocenters. The van der Waals surface area contributed by atoms with Crippen LogP contribution in [-0.4, -0.2) is 63.7 Å². The van der Waals surface area contributed by atoms with E-state index in [0.717, 1.165) is 36.4 Å². The van der Waals surface area contributed by atoms with E-state index in [-0.39, 0.29) is 11.9 Å². The molecule has 0 bridgehead atoms. The molecule has 0 saturated carbocycles. The summed E-state index contributed by atoms with van der Waals surface area (Å²) < 4.78 is 0. The third-order valence-electron chi connectivity index (χ3n) is 3.87. The Labute approximate surface area is 116 Å². The molecule has 0 radical (unpaired) electrons. The minimum atomic E-state index is -0.442. The quantitative estimate of drug-likeness (QED) is 0.822. The Kier molecular flexibility index (Phi) is 3.27. The van der Waals surface area contributed by atoms with Crippen molar-refractivity contribution in [2.75, 3.05) is 31.6 Å². The lowest BCUT2D eigenvalue weighted by atomic mass is 10.2. The summed E-state index contributed by atoms with van der Waals surface area (Å²) in [5, 5.41) is 9.92. The van der Waals surface area contributed by atoms with Crippen molar-refractivity contribution in [1.82, 2.24) is 19.9 Å². The third kappa shape index (κ3) is 2.09. The van der Waals surface area contributed by atoms with E-state index in [1.807, 2.05) is 12.3 Å². The monoisotopic (exact) mass is 275 g/mol. The third-order valence-corrected chi connectivity index (χ3v) is 3.87. The topological polar surface area (TPSA) is 85.3 Å². The van der Waals surface area contributed by atoms with Gasteiger partial charge in [0.05, 0.1) is 11.4 Å². The molecule has 106 valence electrons. The summed E-state index contributed by atoms with van der Waals surface area (Å²) in [6.45, 7) is 1.12. The van der Waals surface area contributed by atoms with Crippen molar-refractivity contribution in [1.29, 1.82) is 0 Å². The maximum Gasteiger partial charge on any atom is 0.248 e. The molecule has 1 aliphatic heterocycles. The number of aliphatic hydroxyl groups is 1. The molecule has 7 nitrogen and oxygen atoms in total. The van der Waals surface area contributed by atoms with Crippen LogP contribution < -0.4 is 4.90 Å². The zero-order valence-electron chi connectivity index (χ0n) is 11.3. The Bertz CT molecular complexity index is 626. The lowest BCUT2D eigenvalue weighted by molar-refractivity contribution is -0.134. The molecule has 0 unspecified atom stereocenters. The smallest absolute Gasteiger partial charge is 0.248 e. The van der Waals surface area contributed by atoms with Gasteiger partial charge in [0.15, 0.2) is 0 Å². The highest BCUT2D eigenvalue weighted by atomic mass is 16.3. The molecule has 0 aliphatic carbocycles. The van der Waals surface area contributed by atoms with Crippen LogP contribution in [0.25, 0.3) is 11.0 Å². The number of hydrogen-bond acceptors (Lipinski definition) is 5. The number of hydrogen-bond donors (Lipinski definition) is 2. The predicted octanol–water partition coefficient (Wildman–Crippen LogP) is -0.0127. The maximum atomic E-state index is 11.5. The average Bonchev–Trinajstić information content (AvgIpc) is 3.13. The number of amides is 1.